The molecule has 0 aliphatic heterocycles. The molecule has 5 nitrogen and oxygen atoms in total. The molecule has 0 spiro atoms. The molecule has 0 amide bonds. The van der Waals surface area contributed by atoms with Gasteiger partial charge in [0.05, 0.1) is 12.2 Å². The fraction of sp³-hybridized carbons (Fsp3) is 0.438. The monoisotopic (exact) mass is 285 g/mol. The Morgan fingerprint density at radius 3 is 2.43 bits per heavy atom. The molecule has 0 saturated carbocycles. The van der Waals surface area contributed by atoms with Gasteiger partial charge in [0, 0.05) is 25.2 Å². The summed E-state index contributed by atoms with van der Waals surface area (Å²) in [5.74, 6) is 2.54. The van der Waals surface area contributed by atoms with Crippen LogP contribution in [-0.4, -0.2) is 21.5 Å². The van der Waals surface area contributed by atoms with Crippen molar-refractivity contribution in [3.63, 3.8) is 0 Å². The van der Waals surface area contributed by atoms with Crippen LogP contribution in [-0.2, 0) is 19.4 Å². The summed E-state index contributed by atoms with van der Waals surface area (Å²) in [6.07, 6.45) is 3.63. The van der Waals surface area contributed by atoms with Crippen molar-refractivity contribution < 1.29 is 0 Å². The molecule has 5 heteroatoms. The minimum atomic E-state index is 0.676. The van der Waals surface area contributed by atoms with Crippen LogP contribution >= 0.6 is 0 Å². The summed E-state index contributed by atoms with van der Waals surface area (Å²) < 4.78 is 0. The molecule has 0 atom stereocenters. The lowest BCUT2D eigenvalue weighted by Crippen LogP contribution is -2.09. The minimum Gasteiger partial charge on any atom is -0.370 e. The predicted molar refractivity (Wildman–Crippen MR) is 86.5 cm³/mol. The summed E-state index contributed by atoms with van der Waals surface area (Å²) in [6, 6.07) is 6.04. The van der Waals surface area contributed by atoms with Gasteiger partial charge >= 0.3 is 0 Å². The van der Waals surface area contributed by atoms with E-state index in [2.05, 4.69) is 52.4 Å². The maximum absolute atomic E-state index is 4.51. The molecule has 2 heterocycles. The van der Waals surface area contributed by atoms with E-state index in [0.717, 1.165) is 42.5 Å². The first-order chi connectivity index (χ1) is 10.3. The fourth-order valence-electron chi connectivity index (χ4n) is 2.14. The molecular weight excluding hydrogens is 262 g/mol. The largest absolute Gasteiger partial charge is 0.370 e. The molecule has 0 fully saturated rings. The number of aromatic nitrogens is 3. The lowest BCUT2D eigenvalue weighted by molar-refractivity contribution is 0.917. The van der Waals surface area contributed by atoms with Crippen LogP contribution in [0.4, 0.5) is 11.6 Å². The van der Waals surface area contributed by atoms with Gasteiger partial charge in [0.25, 0.3) is 0 Å². The van der Waals surface area contributed by atoms with Crippen molar-refractivity contribution in [2.24, 2.45) is 0 Å². The number of nitrogens with zero attached hydrogens (tertiary/aromatic N) is 3. The van der Waals surface area contributed by atoms with Gasteiger partial charge in [-0.1, -0.05) is 19.9 Å². The van der Waals surface area contributed by atoms with Crippen LogP contribution < -0.4 is 10.6 Å². The average Bonchev–Trinajstić information content (AvgIpc) is 2.53. The maximum atomic E-state index is 4.51. The first-order valence-electron chi connectivity index (χ1n) is 7.55. The number of hydrogen-bond donors (Lipinski definition) is 2. The lowest BCUT2D eigenvalue weighted by atomic mass is 10.1. The van der Waals surface area contributed by atoms with Gasteiger partial charge in [-0.2, -0.15) is 0 Å². The van der Waals surface area contributed by atoms with E-state index in [1.807, 2.05) is 18.3 Å². The molecule has 2 aromatic heterocycles. The molecule has 2 N–H and O–H groups in total. The van der Waals surface area contributed by atoms with E-state index in [-0.39, 0.29) is 0 Å². The van der Waals surface area contributed by atoms with E-state index in [9.17, 15) is 0 Å². The van der Waals surface area contributed by atoms with E-state index in [1.165, 1.54) is 5.56 Å². The van der Waals surface area contributed by atoms with Crippen LogP contribution in [0.5, 0.6) is 0 Å². The van der Waals surface area contributed by atoms with Gasteiger partial charge in [-0.15, -0.1) is 0 Å². The number of hydrogen-bond acceptors (Lipinski definition) is 5. The second kappa shape index (κ2) is 7.57. The Balaban J connectivity index is 2.13. The van der Waals surface area contributed by atoms with Gasteiger partial charge in [-0.25, -0.2) is 9.97 Å². The second-order valence-corrected chi connectivity index (χ2v) is 4.75. The van der Waals surface area contributed by atoms with Crippen LogP contribution in [0.2, 0.25) is 0 Å². The molecule has 0 unspecified atom stereocenters. The van der Waals surface area contributed by atoms with Crippen molar-refractivity contribution in [2.75, 3.05) is 17.2 Å². The average molecular weight is 285 g/mol. The third-order valence-corrected chi connectivity index (χ3v) is 3.25. The summed E-state index contributed by atoms with van der Waals surface area (Å²) in [5.41, 5.74) is 2.34. The molecule has 21 heavy (non-hydrogen) atoms. The van der Waals surface area contributed by atoms with E-state index in [4.69, 9.17) is 0 Å². The minimum absolute atomic E-state index is 0.676. The number of anilines is 2. The molecule has 112 valence electrons. The summed E-state index contributed by atoms with van der Waals surface area (Å²) in [7, 11) is 0. The Hall–Kier alpha value is -2.17. The van der Waals surface area contributed by atoms with Crippen LogP contribution in [0.15, 0.2) is 24.4 Å². The number of nitrogens with one attached hydrogen (secondary N) is 2. The lowest BCUT2D eigenvalue weighted by Gasteiger charge is -2.11. The van der Waals surface area contributed by atoms with Gasteiger partial charge in [0.2, 0.25) is 0 Å². The Morgan fingerprint density at radius 2 is 1.76 bits per heavy atom. The van der Waals surface area contributed by atoms with E-state index < -0.39 is 0 Å². The highest BCUT2D eigenvalue weighted by atomic mass is 15.1. The van der Waals surface area contributed by atoms with E-state index in [1.54, 1.807) is 0 Å². The molecule has 2 aromatic rings. The molecule has 0 aliphatic rings. The topological polar surface area (TPSA) is 62.7 Å². The Labute approximate surface area is 126 Å². The molecule has 0 aliphatic carbocycles. The second-order valence-electron chi connectivity index (χ2n) is 4.75. The molecule has 2 rings (SSSR count). The normalized spacial score (nSPS) is 10.4. The zero-order valence-electron chi connectivity index (χ0n) is 13.0. The Morgan fingerprint density at radius 1 is 1.00 bits per heavy atom. The van der Waals surface area contributed by atoms with Crippen molar-refractivity contribution >= 4 is 11.6 Å². The molecule has 0 saturated heterocycles. The van der Waals surface area contributed by atoms with Gasteiger partial charge in [-0.05, 0) is 25.0 Å². The maximum Gasteiger partial charge on any atom is 0.132 e. The van der Waals surface area contributed by atoms with Crippen LogP contribution in [0, 0.1) is 0 Å². The highest BCUT2D eigenvalue weighted by Crippen LogP contribution is 2.14. The van der Waals surface area contributed by atoms with Gasteiger partial charge in [-0.3, -0.25) is 4.98 Å². The van der Waals surface area contributed by atoms with Gasteiger partial charge in [0.15, 0.2) is 0 Å². The standard InChI is InChI=1S/C16H23N5/c1-4-12-8-7-9-18-13(12)11-19-16-10-15(17-6-3)20-14(5-2)21-16/h7-10H,4-6,11H2,1-3H3,(H2,17,19,20,21). The van der Waals surface area contributed by atoms with Crippen LogP contribution in [0.3, 0.4) is 0 Å². The zero-order chi connectivity index (χ0) is 15.1. The number of rotatable bonds is 7. The SMILES string of the molecule is CCNc1cc(NCc2ncccc2CC)nc(CC)n1. The van der Waals surface area contributed by atoms with E-state index >= 15 is 0 Å². The van der Waals surface area contributed by atoms with E-state index in [0.29, 0.717) is 6.54 Å². The number of pyridine rings is 1. The van der Waals surface area contributed by atoms with Gasteiger partial charge in [0.1, 0.15) is 17.5 Å². The first-order valence-corrected chi connectivity index (χ1v) is 7.55. The van der Waals surface area contributed by atoms with Crippen LogP contribution in [0.1, 0.15) is 37.9 Å². The molecule has 0 bridgehead atoms. The van der Waals surface area contributed by atoms with Crippen molar-refractivity contribution in [2.45, 2.75) is 40.2 Å². The van der Waals surface area contributed by atoms with Crippen molar-refractivity contribution in [3.8, 4) is 0 Å². The number of aryl methyl sites for hydroxylation is 2. The molecular formula is C16H23N5. The van der Waals surface area contributed by atoms with Crippen molar-refractivity contribution in [1.82, 2.24) is 15.0 Å². The van der Waals surface area contributed by atoms with Crippen molar-refractivity contribution in [3.05, 3.63) is 41.5 Å². The summed E-state index contributed by atoms with van der Waals surface area (Å²) in [4.78, 5) is 13.4. The van der Waals surface area contributed by atoms with Gasteiger partial charge < -0.3 is 10.6 Å². The molecule has 0 aromatic carbocycles. The third-order valence-electron chi connectivity index (χ3n) is 3.25. The summed E-state index contributed by atoms with van der Waals surface area (Å²) in [6.45, 7) is 7.78. The predicted octanol–water partition coefficient (Wildman–Crippen LogP) is 3.04. The quantitative estimate of drug-likeness (QED) is 0.818. The summed E-state index contributed by atoms with van der Waals surface area (Å²) in [5, 5.41) is 6.59. The fourth-order valence-corrected chi connectivity index (χ4v) is 2.14. The highest BCUT2D eigenvalue weighted by molar-refractivity contribution is 5.47. The van der Waals surface area contributed by atoms with Crippen LogP contribution in [0.25, 0.3) is 0 Å². The Kier molecular flexibility index (Phi) is 5.49. The molecule has 0 radical (unpaired) electrons. The van der Waals surface area contributed by atoms with Crippen molar-refractivity contribution in [1.29, 1.82) is 0 Å². The smallest absolute Gasteiger partial charge is 0.132 e. The third kappa shape index (κ3) is 4.15. The first kappa shape index (κ1) is 15.2. The zero-order valence-corrected chi connectivity index (χ0v) is 13.0. The summed E-state index contributed by atoms with van der Waals surface area (Å²) >= 11 is 0. The highest BCUT2D eigenvalue weighted by Gasteiger charge is 2.05. The Bertz CT molecular complexity index is 583.